The predicted molar refractivity (Wildman–Crippen MR) is 76.2 cm³/mol. The maximum absolute atomic E-state index is 12.2. The minimum absolute atomic E-state index is 0.150. The van der Waals surface area contributed by atoms with Gasteiger partial charge in [0, 0.05) is 0 Å². The molecule has 0 aliphatic carbocycles. The Kier molecular flexibility index (Phi) is 5.30. The predicted octanol–water partition coefficient (Wildman–Crippen LogP) is 1.12. The molecular formula is C14H20O5S. The van der Waals surface area contributed by atoms with Crippen molar-refractivity contribution in [3.63, 3.8) is 0 Å². The molecule has 6 heteroatoms. The van der Waals surface area contributed by atoms with E-state index in [-0.39, 0.29) is 6.42 Å². The van der Waals surface area contributed by atoms with Crippen molar-refractivity contribution in [2.24, 2.45) is 5.92 Å². The van der Waals surface area contributed by atoms with E-state index in [1.54, 1.807) is 24.3 Å². The molecule has 0 aliphatic heterocycles. The number of carboxylic acids is 1. The van der Waals surface area contributed by atoms with Crippen molar-refractivity contribution < 1.29 is 23.4 Å². The fourth-order valence-electron chi connectivity index (χ4n) is 1.70. The first-order valence-corrected chi connectivity index (χ1v) is 7.95. The molecule has 1 unspecified atom stereocenters. The van der Waals surface area contributed by atoms with E-state index in [1.807, 2.05) is 6.07 Å². The van der Waals surface area contributed by atoms with Crippen LogP contribution in [0.2, 0.25) is 0 Å². The number of aliphatic carboxylic acids is 1. The molecule has 0 radical (unpaired) electrons. The van der Waals surface area contributed by atoms with E-state index in [9.17, 15) is 18.3 Å². The standard InChI is InChI=1S/C14H20O5S/c1-14(2,10-15)20(18,19)9-12(13(16)17)8-11-6-4-3-5-7-11/h3-7,12,15H,8-10H2,1-2H3,(H,16,17). The van der Waals surface area contributed by atoms with Crippen LogP contribution in [0.1, 0.15) is 19.4 Å². The Morgan fingerprint density at radius 3 is 2.25 bits per heavy atom. The van der Waals surface area contributed by atoms with Crippen LogP contribution in [-0.4, -0.2) is 41.7 Å². The molecule has 0 aliphatic rings. The SMILES string of the molecule is CC(C)(CO)S(=O)(=O)CC(Cc1ccccc1)C(=O)O. The summed E-state index contributed by atoms with van der Waals surface area (Å²) in [5.41, 5.74) is 0.775. The van der Waals surface area contributed by atoms with Crippen LogP contribution < -0.4 is 0 Å². The van der Waals surface area contributed by atoms with Crippen LogP contribution in [0.25, 0.3) is 0 Å². The van der Waals surface area contributed by atoms with Crippen molar-refractivity contribution in [2.75, 3.05) is 12.4 Å². The average Bonchev–Trinajstić information content (AvgIpc) is 2.38. The van der Waals surface area contributed by atoms with Crippen LogP contribution >= 0.6 is 0 Å². The van der Waals surface area contributed by atoms with Gasteiger partial charge >= 0.3 is 5.97 Å². The summed E-state index contributed by atoms with van der Waals surface area (Å²) in [7, 11) is -3.71. The van der Waals surface area contributed by atoms with Crippen LogP contribution in [0.5, 0.6) is 0 Å². The van der Waals surface area contributed by atoms with E-state index in [2.05, 4.69) is 0 Å². The topological polar surface area (TPSA) is 91.7 Å². The molecule has 112 valence electrons. The molecular weight excluding hydrogens is 280 g/mol. The largest absolute Gasteiger partial charge is 0.481 e. The first-order chi connectivity index (χ1) is 9.19. The number of hydrogen-bond donors (Lipinski definition) is 2. The van der Waals surface area contributed by atoms with Gasteiger partial charge in [-0.05, 0) is 25.8 Å². The Morgan fingerprint density at radius 1 is 1.25 bits per heavy atom. The third kappa shape index (κ3) is 4.05. The summed E-state index contributed by atoms with van der Waals surface area (Å²) in [5.74, 6) is -2.65. The fraction of sp³-hybridized carbons (Fsp3) is 0.500. The summed E-state index contributed by atoms with van der Waals surface area (Å²) in [6, 6.07) is 8.89. The smallest absolute Gasteiger partial charge is 0.307 e. The highest BCUT2D eigenvalue weighted by atomic mass is 32.2. The van der Waals surface area contributed by atoms with Gasteiger partial charge < -0.3 is 10.2 Å². The van der Waals surface area contributed by atoms with Crippen LogP contribution in [0.3, 0.4) is 0 Å². The maximum Gasteiger partial charge on any atom is 0.307 e. The molecule has 0 bridgehead atoms. The molecule has 1 atom stereocenters. The van der Waals surface area contributed by atoms with Crippen LogP contribution in [0.4, 0.5) is 0 Å². The Morgan fingerprint density at radius 2 is 1.80 bits per heavy atom. The molecule has 0 saturated carbocycles. The highest BCUT2D eigenvalue weighted by Crippen LogP contribution is 2.21. The van der Waals surface area contributed by atoms with Gasteiger partial charge in [0.25, 0.3) is 0 Å². The van der Waals surface area contributed by atoms with Crippen molar-refractivity contribution >= 4 is 15.8 Å². The molecule has 0 heterocycles. The Labute approximate surface area is 119 Å². The molecule has 0 spiro atoms. The molecule has 1 rings (SSSR count). The lowest BCUT2D eigenvalue weighted by Gasteiger charge is -2.24. The summed E-state index contributed by atoms with van der Waals surface area (Å²) >= 11 is 0. The van der Waals surface area contributed by atoms with Crippen molar-refractivity contribution in [3.05, 3.63) is 35.9 Å². The summed E-state index contributed by atoms with van der Waals surface area (Å²) in [6.45, 7) is 2.25. The number of carbonyl (C=O) groups is 1. The second kappa shape index (κ2) is 6.37. The normalized spacial score (nSPS) is 13.9. The van der Waals surface area contributed by atoms with Gasteiger partial charge in [-0.3, -0.25) is 4.79 Å². The van der Waals surface area contributed by atoms with Gasteiger partial charge in [-0.25, -0.2) is 8.42 Å². The minimum atomic E-state index is -3.71. The zero-order valence-corrected chi connectivity index (χ0v) is 12.4. The van der Waals surface area contributed by atoms with Crippen molar-refractivity contribution in [1.29, 1.82) is 0 Å². The fourth-order valence-corrected chi connectivity index (χ4v) is 3.14. The first-order valence-electron chi connectivity index (χ1n) is 6.29. The number of aliphatic hydroxyl groups is 1. The molecule has 5 nitrogen and oxygen atoms in total. The van der Waals surface area contributed by atoms with Crippen molar-refractivity contribution in [3.8, 4) is 0 Å². The van der Waals surface area contributed by atoms with E-state index in [0.29, 0.717) is 0 Å². The molecule has 1 aromatic carbocycles. The number of sulfone groups is 1. The van der Waals surface area contributed by atoms with Gasteiger partial charge in [-0.15, -0.1) is 0 Å². The van der Waals surface area contributed by atoms with Crippen molar-refractivity contribution in [1.82, 2.24) is 0 Å². The van der Waals surface area contributed by atoms with Crippen LogP contribution in [-0.2, 0) is 21.1 Å². The van der Waals surface area contributed by atoms with Crippen LogP contribution in [0.15, 0.2) is 30.3 Å². The summed E-state index contributed by atoms with van der Waals surface area (Å²) in [6.07, 6.45) is 0.150. The first kappa shape index (κ1) is 16.7. The minimum Gasteiger partial charge on any atom is -0.481 e. The lowest BCUT2D eigenvalue weighted by atomic mass is 10.0. The Balaban J connectivity index is 2.92. The van der Waals surface area contributed by atoms with Gasteiger partial charge in [0.1, 0.15) is 0 Å². The molecule has 0 saturated heterocycles. The number of hydrogen-bond acceptors (Lipinski definition) is 4. The van der Waals surface area contributed by atoms with Crippen molar-refractivity contribution in [2.45, 2.75) is 25.0 Å². The maximum atomic E-state index is 12.2. The van der Waals surface area contributed by atoms with E-state index in [0.717, 1.165) is 5.56 Å². The quantitative estimate of drug-likeness (QED) is 0.787. The van der Waals surface area contributed by atoms with Gasteiger partial charge in [-0.2, -0.15) is 0 Å². The Hall–Kier alpha value is -1.40. The number of rotatable bonds is 7. The van der Waals surface area contributed by atoms with Gasteiger partial charge in [0.15, 0.2) is 9.84 Å². The van der Waals surface area contributed by atoms with E-state index in [1.165, 1.54) is 13.8 Å². The molecule has 2 N–H and O–H groups in total. The lowest BCUT2D eigenvalue weighted by molar-refractivity contribution is -0.140. The molecule has 1 aromatic rings. The van der Waals surface area contributed by atoms with Crippen LogP contribution in [0, 0.1) is 5.92 Å². The second-order valence-electron chi connectivity index (χ2n) is 5.42. The number of carboxylic acid groups (broad SMARTS) is 1. The third-order valence-electron chi connectivity index (χ3n) is 3.32. The molecule has 0 aromatic heterocycles. The van der Waals surface area contributed by atoms with Gasteiger partial charge in [0.2, 0.25) is 0 Å². The summed E-state index contributed by atoms with van der Waals surface area (Å²) in [5, 5.41) is 18.4. The molecule has 0 fully saturated rings. The third-order valence-corrected chi connectivity index (χ3v) is 5.97. The van der Waals surface area contributed by atoms with E-state index < -0.39 is 38.8 Å². The highest BCUT2D eigenvalue weighted by Gasteiger charge is 2.37. The molecule has 20 heavy (non-hydrogen) atoms. The number of benzene rings is 1. The average molecular weight is 300 g/mol. The monoisotopic (exact) mass is 300 g/mol. The van der Waals surface area contributed by atoms with E-state index >= 15 is 0 Å². The van der Waals surface area contributed by atoms with Gasteiger partial charge in [-0.1, -0.05) is 30.3 Å². The number of aliphatic hydroxyl groups excluding tert-OH is 1. The zero-order chi connectivity index (χ0) is 15.4. The summed E-state index contributed by atoms with van der Waals surface area (Å²) < 4.78 is 23.0. The second-order valence-corrected chi connectivity index (χ2v) is 8.09. The van der Waals surface area contributed by atoms with Gasteiger partial charge in [0.05, 0.1) is 23.0 Å². The van der Waals surface area contributed by atoms with E-state index in [4.69, 9.17) is 5.11 Å². The summed E-state index contributed by atoms with van der Waals surface area (Å²) in [4.78, 5) is 11.3. The molecule has 0 amide bonds. The highest BCUT2D eigenvalue weighted by molar-refractivity contribution is 7.92. The zero-order valence-electron chi connectivity index (χ0n) is 11.6. The lowest BCUT2D eigenvalue weighted by Crippen LogP contribution is -2.41. The Bertz CT molecular complexity index is 548.